The lowest BCUT2D eigenvalue weighted by Gasteiger charge is -2.14. The highest BCUT2D eigenvalue weighted by atomic mass is 32.2. The van der Waals surface area contributed by atoms with Gasteiger partial charge < -0.3 is 5.11 Å². The first-order valence-electron chi connectivity index (χ1n) is 8.27. The Hall–Kier alpha value is -2.20. The maximum atomic E-state index is 12.8. The largest absolute Gasteiger partial charge is 0.396 e. The van der Waals surface area contributed by atoms with Crippen molar-refractivity contribution in [2.24, 2.45) is 0 Å². The second-order valence-electron chi connectivity index (χ2n) is 5.91. The molecule has 1 saturated heterocycles. The van der Waals surface area contributed by atoms with E-state index >= 15 is 0 Å². The number of benzene rings is 2. The van der Waals surface area contributed by atoms with Crippen molar-refractivity contribution in [3.63, 3.8) is 0 Å². The third kappa shape index (κ3) is 4.44. The third-order valence-electron chi connectivity index (χ3n) is 3.91. The van der Waals surface area contributed by atoms with Gasteiger partial charge in [0, 0.05) is 11.8 Å². The van der Waals surface area contributed by atoms with E-state index in [1.165, 1.54) is 34.5 Å². The van der Waals surface area contributed by atoms with Gasteiger partial charge in [-0.3, -0.25) is 19.8 Å². The lowest BCUT2D eigenvalue weighted by atomic mass is 10.1. The van der Waals surface area contributed by atoms with Crippen molar-refractivity contribution in [2.45, 2.75) is 11.8 Å². The Bertz CT molecular complexity index is 974. The summed E-state index contributed by atoms with van der Waals surface area (Å²) < 4.78 is 0.421. The van der Waals surface area contributed by atoms with Gasteiger partial charge in [0.1, 0.15) is 0 Å². The van der Waals surface area contributed by atoms with Crippen LogP contribution in [0.5, 0.6) is 0 Å². The Kier molecular flexibility index (Phi) is 6.50. The van der Waals surface area contributed by atoms with Crippen molar-refractivity contribution in [3.05, 3.63) is 68.6 Å². The topological polar surface area (TPSA) is 83.7 Å². The van der Waals surface area contributed by atoms with E-state index in [4.69, 9.17) is 17.3 Å². The van der Waals surface area contributed by atoms with Crippen LogP contribution in [0.1, 0.15) is 11.1 Å². The van der Waals surface area contributed by atoms with Crippen molar-refractivity contribution in [2.75, 3.05) is 17.3 Å². The highest BCUT2D eigenvalue weighted by Gasteiger charge is 2.33. The first-order valence-corrected chi connectivity index (χ1v) is 10.5. The van der Waals surface area contributed by atoms with Crippen LogP contribution >= 0.6 is 35.7 Å². The molecule has 1 amide bonds. The lowest BCUT2D eigenvalue weighted by Crippen LogP contribution is -2.27. The minimum absolute atomic E-state index is 0.0544. The molecule has 1 fully saturated rings. The maximum Gasteiger partial charge on any atom is 0.283 e. The first kappa shape index (κ1) is 20.5. The zero-order valence-electron chi connectivity index (χ0n) is 14.8. The van der Waals surface area contributed by atoms with Crippen LogP contribution in [0.4, 0.5) is 11.4 Å². The fraction of sp³-hybridized carbons (Fsp3) is 0.158. The molecule has 9 heteroatoms. The maximum absolute atomic E-state index is 12.8. The van der Waals surface area contributed by atoms with Crippen LogP contribution in [-0.2, 0) is 4.79 Å². The van der Waals surface area contributed by atoms with E-state index in [2.05, 4.69) is 0 Å². The van der Waals surface area contributed by atoms with Gasteiger partial charge >= 0.3 is 0 Å². The van der Waals surface area contributed by atoms with Gasteiger partial charge in [-0.1, -0.05) is 47.7 Å². The number of rotatable bonds is 6. The van der Waals surface area contributed by atoms with Crippen molar-refractivity contribution in [1.82, 2.24) is 0 Å². The van der Waals surface area contributed by atoms with Crippen molar-refractivity contribution < 1.29 is 14.8 Å². The molecule has 0 aliphatic carbocycles. The van der Waals surface area contributed by atoms with Crippen LogP contribution in [0, 0.1) is 17.0 Å². The summed E-state index contributed by atoms with van der Waals surface area (Å²) in [7, 11) is 0. The number of hydrogen-bond donors (Lipinski definition) is 1. The van der Waals surface area contributed by atoms with Gasteiger partial charge in [0.25, 0.3) is 11.6 Å². The Morgan fingerprint density at radius 2 is 2.00 bits per heavy atom. The number of aliphatic hydroxyl groups is 1. The van der Waals surface area contributed by atoms with Crippen LogP contribution < -0.4 is 4.90 Å². The molecule has 1 N–H and O–H groups in total. The molecule has 0 aromatic heterocycles. The number of amides is 1. The number of thioether (sulfide) groups is 2. The highest BCUT2D eigenvalue weighted by Crippen LogP contribution is 2.37. The van der Waals surface area contributed by atoms with Crippen LogP contribution in [-0.4, -0.2) is 32.6 Å². The molecule has 2 aromatic carbocycles. The summed E-state index contributed by atoms with van der Waals surface area (Å²) in [6, 6.07) is 12.3. The van der Waals surface area contributed by atoms with E-state index in [1.807, 2.05) is 31.2 Å². The summed E-state index contributed by atoms with van der Waals surface area (Å²) >= 11 is 7.74. The van der Waals surface area contributed by atoms with Crippen molar-refractivity contribution >= 4 is 63.4 Å². The number of nitro groups is 1. The molecule has 0 unspecified atom stereocenters. The number of nitro benzene ring substituents is 1. The zero-order valence-corrected chi connectivity index (χ0v) is 17.3. The standard InChI is InChI=1S/C19H16N2O4S3/c1-12-2-5-14(6-3-12)20-18(23)17(28-19(20)26)11-13-4-7-16(27-9-8-22)15(10-13)21(24)25/h2-7,10-11,22H,8-9H2,1H3/b17-11+. The molecule has 28 heavy (non-hydrogen) atoms. The molecule has 0 bridgehead atoms. The predicted molar refractivity (Wildman–Crippen MR) is 118 cm³/mol. The normalized spacial score (nSPS) is 15.5. The van der Waals surface area contributed by atoms with Crippen molar-refractivity contribution in [3.8, 4) is 0 Å². The minimum Gasteiger partial charge on any atom is -0.396 e. The number of nitrogens with zero attached hydrogens (tertiary/aromatic N) is 2. The molecule has 1 heterocycles. The number of carbonyl (C=O) groups excluding carboxylic acids is 1. The molecule has 0 saturated carbocycles. The minimum atomic E-state index is -0.464. The molecule has 3 rings (SSSR count). The molecular formula is C19H16N2O4S3. The number of thiocarbonyl (C=S) groups is 1. The molecule has 144 valence electrons. The van der Waals surface area contributed by atoms with E-state index in [0.29, 0.717) is 31.1 Å². The second kappa shape index (κ2) is 8.87. The van der Waals surface area contributed by atoms with Gasteiger partial charge in [-0.2, -0.15) is 0 Å². The monoisotopic (exact) mass is 432 g/mol. The molecule has 0 spiro atoms. The fourth-order valence-electron chi connectivity index (χ4n) is 2.58. The number of hydrogen-bond acceptors (Lipinski definition) is 7. The molecule has 1 aliphatic heterocycles. The predicted octanol–water partition coefficient (Wildman–Crippen LogP) is 4.39. The average Bonchev–Trinajstić information content (AvgIpc) is 2.94. The van der Waals surface area contributed by atoms with Gasteiger partial charge in [0.2, 0.25) is 0 Å². The Morgan fingerprint density at radius 1 is 1.29 bits per heavy atom. The summed E-state index contributed by atoms with van der Waals surface area (Å²) in [5.41, 5.74) is 2.26. The zero-order chi connectivity index (χ0) is 20.3. The van der Waals surface area contributed by atoms with Crippen LogP contribution in [0.25, 0.3) is 6.08 Å². The second-order valence-corrected chi connectivity index (χ2v) is 8.72. The first-order chi connectivity index (χ1) is 13.4. The molecular weight excluding hydrogens is 416 g/mol. The summed E-state index contributed by atoms with van der Waals surface area (Å²) in [5, 5.41) is 20.3. The number of aryl methyl sites for hydroxylation is 1. The highest BCUT2D eigenvalue weighted by molar-refractivity contribution is 8.27. The molecule has 0 atom stereocenters. The molecule has 2 aromatic rings. The molecule has 6 nitrogen and oxygen atoms in total. The van der Waals surface area contributed by atoms with Crippen LogP contribution in [0.2, 0.25) is 0 Å². The molecule has 1 aliphatic rings. The SMILES string of the molecule is Cc1ccc(N2C(=O)/C(=C\c3ccc(SCCO)c([N+](=O)[O-])c3)SC2=S)cc1. The number of anilines is 1. The lowest BCUT2D eigenvalue weighted by molar-refractivity contribution is -0.387. The van der Waals surface area contributed by atoms with Gasteiger partial charge in [0.15, 0.2) is 4.32 Å². The van der Waals surface area contributed by atoms with E-state index < -0.39 is 4.92 Å². The Labute approximate surface area is 175 Å². The summed E-state index contributed by atoms with van der Waals surface area (Å²) in [6.45, 7) is 1.90. The third-order valence-corrected chi connectivity index (χ3v) is 6.26. The summed E-state index contributed by atoms with van der Waals surface area (Å²) in [4.78, 5) is 26.1. The summed E-state index contributed by atoms with van der Waals surface area (Å²) in [6.07, 6.45) is 1.61. The quantitative estimate of drug-likeness (QED) is 0.238. The van der Waals surface area contributed by atoms with E-state index in [-0.39, 0.29) is 18.2 Å². The van der Waals surface area contributed by atoms with E-state index in [9.17, 15) is 14.9 Å². The molecule has 0 radical (unpaired) electrons. The van der Waals surface area contributed by atoms with Gasteiger partial charge in [-0.15, -0.1) is 11.8 Å². The van der Waals surface area contributed by atoms with Crippen molar-refractivity contribution in [1.29, 1.82) is 0 Å². The van der Waals surface area contributed by atoms with Gasteiger partial charge in [-0.05, 0) is 36.8 Å². The Balaban J connectivity index is 1.90. The van der Waals surface area contributed by atoms with E-state index in [0.717, 1.165) is 5.56 Å². The van der Waals surface area contributed by atoms with Crippen LogP contribution in [0.15, 0.2) is 52.3 Å². The summed E-state index contributed by atoms with van der Waals surface area (Å²) in [5.74, 6) is 0.121. The Morgan fingerprint density at radius 3 is 2.64 bits per heavy atom. The number of carbonyl (C=O) groups is 1. The smallest absolute Gasteiger partial charge is 0.283 e. The van der Waals surface area contributed by atoms with Crippen LogP contribution in [0.3, 0.4) is 0 Å². The average molecular weight is 433 g/mol. The van der Waals surface area contributed by atoms with E-state index in [1.54, 1.807) is 18.2 Å². The van der Waals surface area contributed by atoms with Gasteiger partial charge in [-0.25, -0.2) is 0 Å². The van der Waals surface area contributed by atoms with Gasteiger partial charge in [0.05, 0.1) is 27.0 Å². The number of aliphatic hydroxyl groups excluding tert-OH is 1. The fourth-order valence-corrected chi connectivity index (χ4v) is 4.64.